The predicted molar refractivity (Wildman–Crippen MR) is 73.8 cm³/mol. The number of benzene rings is 1. The Morgan fingerprint density at radius 1 is 1.48 bits per heavy atom. The largest absolute Gasteiger partial charge is 0.449 e. The van der Waals surface area contributed by atoms with Crippen LogP contribution in [0.2, 0.25) is 5.28 Å². The molecule has 25 heavy (non-hydrogen) atoms. The molecule has 0 saturated carbocycles. The van der Waals surface area contributed by atoms with Crippen molar-refractivity contribution in [2.24, 2.45) is 0 Å². The Hall–Kier alpha value is -2.50. The summed E-state index contributed by atoms with van der Waals surface area (Å²) in [5, 5.41) is 10.4. The molecular formula is C12H7ClF5N3O4. The summed E-state index contributed by atoms with van der Waals surface area (Å²) in [6.07, 6.45) is -10.4. The number of nitro groups is 1. The third kappa shape index (κ3) is 3.21. The summed E-state index contributed by atoms with van der Waals surface area (Å²) in [6, 6.07) is 0.152. The number of hydrogen-bond acceptors (Lipinski definition) is 5. The van der Waals surface area contributed by atoms with E-state index in [1.54, 1.807) is 0 Å². The molecule has 0 bridgehead atoms. The number of aromatic nitrogens is 2. The van der Waals surface area contributed by atoms with Crippen molar-refractivity contribution in [3.8, 4) is 0 Å². The summed E-state index contributed by atoms with van der Waals surface area (Å²) in [6.45, 7) is 1.21. The standard InChI is InChI=1S/C12H7ClF5N3O4/c1-2-25-11(22)20-5-3-4(12(16,17)18)6(9(14)15)8(21(23)24)7(5)19-10(20)13/h3,9H,2H2,1H3. The van der Waals surface area contributed by atoms with Gasteiger partial charge in [0, 0.05) is 0 Å². The minimum atomic E-state index is -5.35. The quantitative estimate of drug-likeness (QED) is 0.438. The summed E-state index contributed by atoms with van der Waals surface area (Å²) in [4.78, 5) is 24.9. The Labute approximate surface area is 140 Å². The number of ether oxygens (including phenoxy) is 1. The molecule has 0 atom stereocenters. The van der Waals surface area contributed by atoms with Crippen LogP contribution in [0.1, 0.15) is 24.5 Å². The predicted octanol–water partition coefficient (Wildman–Crippen LogP) is 4.56. The fraction of sp³-hybridized carbons (Fsp3) is 0.333. The molecule has 0 aliphatic heterocycles. The Kier molecular flexibility index (Phi) is 4.84. The smallest absolute Gasteiger partial charge is 0.420 e. The first kappa shape index (κ1) is 18.8. The van der Waals surface area contributed by atoms with Crippen molar-refractivity contribution in [1.29, 1.82) is 0 Å². The van der Waals surface area contributed by atoms with Gasteiger partial charge in [-0.3, -0.25) is 10.1 Å². The molecule has 0 fully saturated rings. The van der Waals surface area contributed by atoms with Crippen molar-refractivity contribution in [1.82, 2.24) is 9.55 Å². The minimum absolute atomic E-state index is 0.152. The number of imidazole rings is 1. The summed E-state index contributed by atoms with van der Waals surface area (Å²) in [7, 11) is 0. The van der Waals surface area contributed by atoms with Crippen LogP contribution in [0.5, 0.6) is 0 Å². The summed E-state index contributed by atoms with van der Waals surface area (Å²) in [5.74, 6) is 0. The Balaban J connectivity index is 3.02. The van der Waals surface area contributed by atoms with Gasteiger partial charge in [-0.1, -0.05) is 0 Å². The highest BCUT2D eigenvalue weighted by molar-refractivity contribution is 6.30. The molecule has 0 amide bonds. The van der Waals surface area contributed by atoms with Crippen molar-refractivity contribution in [2.45, 2.75) is 19.5 Å². The zero-order valence-corrected chi connectivity index (χ0v) is 12.9. The lowest BCUT2D eigenvalue weighted by molar-refractivity contribution is -0.384. The van der Waals surface area contributed by atoms with Crippen molar-refractivity contribution < 1.29 is 36.4 Å². The van der Waals surface area contributed by atoms with Crippen LogP contribution in [0.3, 0.4) is 0 Å². The van der Waals surface area contributed by atoms with E-state index < -0.39 is 56.7 Å². The molecule has 1 aromatic heterocycles. The fourth-order valence-corrected chi connectivity index (χ4v) is 2.43. The zero-order chi connectivity index (χ0) is 19.1. The second-order valence-electron chi connectivity index (χ2n) is 4.52. The molecule has 1 heterocycles. The molecule has 0 spiro atoms. The molecule has 0 aliphatic carbocycles. The number of carbonyl (C=O) groups excluding carboxylic acids is 1. The Morgan fingerprint density at radius 3 is 2.52 bits per heavy atom. The number of halogens is 6. The highest BCUT2D eigenvalue weighted by atomic mass is 35.5. The number of hydrogen-bond donors (Lipinski definition) is 0. The molecular weight excluding hydrogens is 381 g/mol. The van der Waals surface area contributed by atoms with Gasteiger partial charge in [-0.2, -0.15) is 13.2 Å². The van der Waals surface area contributed by atoms with E-state index in [1.165, 1.54) is 6.92 Å². The van der Waals surface area contributed by atoms with Crippen LogP contribution in [-0.4, -0.2) is 27.2 Å². The number of fused-ring (bicyclic) bond motifs is 1. The van der Waals surface area contributed by atoms with Gasteiger partial charge in [-0.25, -0.2) is 23.1 Å². The van der Waals surface area contributed by atoms with Crippen LogP contribution < -0.4 is 0 Å². The molecule has 2 rings (SSSR count). The van der Waals surface area contributed by atoms with Crippen LogP contribution >= 0.6 is 11.6 Å². The molecule has 13 heteroatoms. The summed E-state index contributed by atoms with van der Waals surface area (Å²) < 4.78 is 70.6. The van der Waals surface area contributed by atoms with Gasteiger partial charge >= 0.3 is 18.0 Å². The maximum absolute atomic E-state index is 13.1. The Bertz CT molecular complexity index is 865. The number of rotatable bonds is 3. The van der Waals surface area contributed by atoms with E-state index in [0.717, 1.165) is 0 Å². The maximum atomic E-state index is 13.1. The molecule has 0 radical (unpaired) electrons. The number of nitrogens with zero attached hydrogens (tertiary/aromatic N) is 3. The van der Waals surface area contributed by atoms with E-state index >= 15 is 0 Å². The number of nitro benzene ring substituents is 1. The maximum Gasteiger partial charge on any atom is 0.420 e. The van der Waals surface area contributed by atoms with Gasteiger partial charge in [0.15, 0.2) is 5.52 Å². The minimum Gasteiger partial charge on any atom is -0.449 e. The van der Waals surface area contributed by atoms with E-state index in [2.05, 4.69) is 9.72 Å². The Morgan fingerprint density at radius 2 is 2.08 bits per heavy atom. The lowest BCUT2D eigenvalue weighted by Gasteiger charge is -2.13. The van der Waals surface area contributed by atoms with E-state index in [-0.39, 0.29) is 12.7 Å². The molecule has 2 aromatic rings. The number of carbonyl (C=O) groups is 1. The first-order valence-electron chi connectivity index (χ1n) is 6.42. The van der Waals surface area contributed by atoms with Crippen molar-refractivity contribution in [3.05, 3.63) is 32.6 Å². The van der Waals surface area contributed by atoms with E-state index in [1.807, 2.05) is 0 Å². The summed E-state index contributed by atoms with van der Waals surface area (Å²) in [5.41, 5.74) is -7.05. The van der Waals surface area contributed by atoms with E-state index in [9.17, 15) is 36.9 Å². The van der Waals surface area contributed by atoms with Gasteiger partial charge in [0.25, 0.3) is 6.43 Å². The molecule has 1 aromatic carbocycles. The lowest BCUT2D eigenvalue weighted by Crippen LogP contribution is -2.16. The van der Waals surface area contributed by atoms with Gasteiger partial charge < -0.3 is 4.74 Å². The molecule has 0 unspecified atom stereocenters. The molecule has 0 aliphatic rings. The van der Waals surface area contributed by atoms with Crippen LogP contribution in [0, 0.1) is 10.1 Å². The van der Waals surface area contributed by atoms with Gasteiger partial charge in [-0.05, 0) is 24.6 Å². The SMILES string of the molecule is CCOC(=O)n1c(Cl)nc2c([N+](=O)[O-])c(C(F)F)c(C(F)(F)F)cc21. The first-order chi connectivity index (χ1) is 11.5. The monoisotopic (exact) mass is 387 g/mol. The van der Waals surface area contributed by atoms with Gasteiger partial charge in [-0.15, -0.1) is 0 Å². The van der Waals surface area contributed by atoms with Crippen LogP contribution in [0.25, 0.3) is 11.0 Å². The second-order valence-corrected chi connectivity index (χ2v) is 4.86. The van der Waals surface area contributed by atoms with Gasteiger partial charge in [0.05, 0.1) is 22.6 Å². The van der Waals surface area contributed by atoms with E-state index in [4.69, 9.17) is 11.6 Å². The summed E-state index contributed by atoms with van der Waals surface area (Å²) >= 11 is 5.63. The average molecular weight is 388 g/mol. The third-order valence-electron chi connectivity index (χ3n) is 3.08. The third-order valence-corrected chi connectivity index (χ3v) is 3.33. The lowest BCUT2D eigenvalue weighted by atomic mass is 10.0. The van der Waals surface area contributed by atoms with Crippen LogP contribution in [0.4, 0.5) is 32.4 Å². The van der Waals surface area contributed by atoms with E-state index in [0.29, 0.717) is 4.57 Å². The van der Waals surface area contributed by atoms with Crippen molar-refractivity contribution in [2.75, 3.05) is 6.61 Å². The number of alkyl halides is 5. The van der Waals surface area contributed by atoms with Crippen molar-refractivity contribution >= 4 is 34.4 Å². The first-order valence-corrected chi connectivity index (χ1v) is 6.80. The zero-order valence-electron chi connectivity index (χ0n) is 12.1. The van der Waals surface area contributed by atoms with Crippen LogP contribution in [-0.2, 0) is 10.9 Å². The molecule has 7 nitrogen and oxygen atoms in total. The second kappa shape index (κ2) is 6.43. The highest BCUT2D eigenvalue weighted by Crippen LogP contribution is 2.45. The average Bonchev–Trinajstić information content (AvgIpc) is 2.79. The molecule has 0 N–H and O–H groups in total. The fourth-order valence-electron chi connectivity index (χ4n) is 2.18. The topological polar surface area (TPSA) is 87.3 Å². The van der Waals surface area contributed by atoms with Gasteiger partial charge in [0.2, 0.25) is 5.28 Å². The van der Waals surface area contributed by atoms with Crippen LogP contribution in [0.15, 0.2) is 6.07 Å². The van der Waals surface area contributed by atoms with Crippen molar-refractivity contribution in [3.63, 3.8) is 0 Å². The van der Waals surface area contributed by atoms with Gasteiger partial charge in [0.1, 0.15) is 5.56 Å². The molecule has 0 saturated heterocycles. The highest BCUT2D eigenvalue weighted by Gasteiger charge is 2.43. The normalized spacial score (nSPS) is 12.0. The molecule has 136 valence electrons.